The van der Waals surface area contributed by atoms with Crippen LogP contribution in [-0.4, -0.2) is 59.8 Å². The molecule has 0 spiro atoms. The summed E-state index contributed by atoms with van der Waals surface area (Å²) in [5, 5.41) is 13.0. The molecule has 2 atom stereocenters. The quantitative estimate of drug-likeness (QED) is 0.805. The number of hydrogen-bond acceptors (Lipinski definition) is 6. The van der Waals surface area contributed by atoms with Gasteiger partial charge in [-0.2, -0.15) is 0 Å². The maximum atomic E-state index is 9.52. The summed E-state index contributed by atoms with van der Waals surface area (Å²) in [6, 6.07) is 12.9. The van der Waals surface area contributed by atoms with Gasteiger partial charge < -0.3 is 20.2 Å². The molecule has 2 aromatic rings. The fourth-order valence-corrected chi connectivity index (χ4v) is 3.40. The number of nitrogens with zero attached hydrogens (tertiary/aromatic N) is 4. The van der Waals surface area contributed by atoms with E-state index in [0.717, 1.165) is 37.6 Å². The normalized spacial score (nSPS) is 18.6. The average molecular weight is 341 g/mol. The zero-order valence-corrected chi connectivity index (χ0v) is 15.0. The van der Waals surface area contributed by atoms with Crippen molar-refractivity contribution in [3.63, 3.8) is 0 Å². The van der Waals surface area contributed by atoms with Crippen LogP contribution in [0.1, 0.15) is 24.4 Å². The largest absolute Gasteiger partial charge is 0.394 e. The van der Waals surface area contributed by atoms with E-state index < -0.39 is 0 Å². The van der Waals surface area contributed by atoms with E-state index in [1.807, 2.05) is 12.1 Å². The molecule has 1 aromatic carbocycles. The lowest BCUT2D eigenvalue weighted by atomic mass is 10.1. The third-order valence-electron chi connectivity index (χ3n) is 4.82. The lowest BCUT2D eigenvalue weighted by Gasteiger charge is -2.26. The Hall–Kier alpha value is -2.18. The maximum Gasteiger partial charge on any atom is 0.134 e. The Morgan fingerprint density at radius 2 is 2.08 bits per heavy atom. The number of aromatic nitrogens is 2. The number of aliphatic hydroxyl groups excluding tert-OH is 1. The molecule has 0 unspecified atom stereocenters. The van der Waals surface area contributed by atoms with Crippen molar-refractivity contribution in [2.45, 2.75) is 24.9 Å². The van der Waals surface area contributed by atoms with Crippen molar-refractivity contribution in [1.29, 1.82) is 0 Å². The summed E-state index contributed by atoms with van der Waals surface area (Å²) in [7, 11) is 4.17. The number of nitrogens with one attached hydrogen (secondary N) is 1. The third-order valence-corrected chi connectivity index (χ3v) is 4.82. The molecule has 1 saturated heterocycles. The molecular formula is C19H27N5O. The highest BCUT2D eigenvalue weighted by molar-refractivity contribution is 5.50. The Bertz CT molecular complexity index is 664. The van der Waals surface area contributed by atoms with Gasteiger partial charge in [0.1, 0.15) is 18.0 Å². The predicted octanol–water partition coefficient (Wildman–Crippen LogP) is 2.15. The predicted molar refractivity (Wildman–Crippen MR) is 101 cm³/mol. The van der Waals surface area contributed by atoms with Crippen LogP contribution in [0.2, 0.25) is 0 Å². The highest BCUT2D eigenvalue weighted by atomic mass is 16.3. The highest BCUT2D eigenvalue weighted by Gasteiger charge is 2.25. The van der Waals surface area contributed by atoms with E-state index in [4.69, 9.17) is 0 Å². The average Bonchev–Trinajstić information content (AvgIpc) is 3.11. The number of aliphatic hydroxyl groups is 1. The molecule has 6 heteroatoms. The first-order valence-electron chi connectivity index (χ1n) is 8.84. The smallest absolute Gasteiger partial charge is 0.134 e. The molecular weight excluding hydrogens is 314 g/mol. The van der Waals surface area contributed by atoms with Crippen molar-refractivity contribution < 1.29 is 5.11 Å². The van der Waals surface area contributed by atoms with Crippen molar-refractivity contribution in [2.75, 3.05) is 44.0 Å². The molecule has 6 nitrogen and oxygen atoms in total. The van der Waals surface area contributed by atoms with Crippen LogP contribution in [0.5, 0.6) is 0 Å². The summed E-state index contributed by atoms with van der Waals surface area (Å²) in [6.45, 7) is 1.87. The monoisotopic (exact) mass is 341 g/mol. The molecule has 3 rings (SSSR count). The Labute approximate surface area is 149 Å². The molecule has 0 saturated carbocycles. The van der Waals surface area contributed by atoms with Crippen LogP contribution in [0.15, 0.2) is 42.7 Å². The second-order valence-corrected chi connectivity index (χ2v) is 6.70. The number of anilines is 2. The van der Waals surface area contributed by atoms with E-state index in [-0.39, 0.29) is 18.7 Å². The van der Waals surface area contributed by atoms with Gasteiger partial charge in [0.15, 0.2) is 0 Å². The van der Waals surface area contributed by atoms with Crippen LogP contribution < -0.4 is 10.2 Å². The number of likely N-dealkylation sites (N-methyl/N-ethyl adjacent to an activating group) is 1. The summed E-state index contributed by atoms with van der Waals surface area (Å²) in [6.07, 6.45) is 3.70. The van der Waals surface area contributed by atoms with E-state index in [9.17, 15) is 5.11 Å². The third kappa shape index (κ3) is 4.27. The van der Waals surface area contributed by atoms with Crippen molar-refractivity contribution >= 4 is 11.6 Å². The minimum Gasteiger partial charge on any atom is -0.394 e. The molecule has 25 heavy (non-hydrogen) atoms. The molecule has 1 aliphatic rings. The number of rotatable bonds is 7. The zero-order chi connectivity index (χ0) is 17.6. The maximum absolute atomic E-state index is 9.52. The summed E-state index contributed by atoms with van der Waals surface area (Å²) in [5.74, 6) is 1.70. The standard InChI is InChI=1S/C19H27N5O/c1-23(2)17(15-7-4-3-5-8-15)12-20-18-11-19(22-14-21-18)24-10-6-9-16(24)13-25/h3-5,7-8,11,14,16-17,25H,6,9-10,12-13H2,1-2H3,(H,20,21,22)/t16-,17-/m0/s1. The number of benzene rings is 1. The minimum atomic E-state index is 0.168. The van der Waals surface area contributed by atoms with E-state index in [2.05, 4.69) is 63.4 Å². The second kappa shape index (κ2) is 8.27. The van der Waals surface area contributed by atoms with Crippen LogP contribution in [0.4, 0.5) is 11.6 Å². The topological polar surface area (TPSA) is 64.5 Å². The van der Waals surface area contributed by atoms with Gasteiger partial charge in [-0.25, -0.2) is 9.97 Å². The second-order valence-electron chi connectivity index (χ2n) is 6.70. The summed E-state index contributed by atoms with van der Waals surface area (Å²) < 4.78 is 0. The van der Waals surface area contributed by atoms with E-state index in [1.165, 1.54) is 5.56 Å². The first-order valence-corrected chi connectivity index (χ1v) is 8.84. The van der Waals surface area contributed by atoms with Gasteiger partial charge in [0.2, 0.25) is 0 Å². The molecule has 2 N–H and O–H groups in total. The van der Waals surface area contributed by atoms with Gasteiger partial charge in [0, 0.05) is 19.2 Å². The van der Waals surface area contributed by atoms with Gasteiger partial charge in [-0.3, -0.25) is 0 Å². The zero-order valence-electron chi connectivity index (χ0n) is 15.0. The van der Waals surface area contributed by atoms with Crippen molar-refractivity contribution in [2.24, 2.45) is 0 Å². The Balaban J connectivity index is 1.69. The van der Waals surface area contributed by atoms with Crippen LogP contribution in [-0.2, 0) is 0 Å². The highest BCUT2D eigenvalue weighted by Crippen LogP contribution is 2.25. The Morgan fingerprint density at radius 1 is 1.28 bits per heavy atom. The molecule has 0 radical (unpaired) electrons. The van der Waals surface area contributed by atoms with Crippen LogP contribution >= 0.6 is 0 Å². The van der Waals surface area contributed by atoms with Gasteiger partial charge in [-0.1, -0.05) is 30.3 Å². The first kappa shape index (κ1) is 17.6. The molecule has 0 amide bonds. The van der Waals surface area contributed by atoms with Crippen molar-refractivity contribution in [3.8, 4) is 0 Å². The fourth-order valence-electron chi connectivity index (χ4n) is 3.40. The van der Waals surface area contributed by atoms with Crippen LogP contribution in [0, 0.1) is 0 Å². The number of hydrogen-bond donors (Lipinski definition) is 2. The molecule has 134 valence electrons. The molecule has 0 bridgehead atoms. The SMILES string of the molecule is CN(C)[C@@H](CNc1cc(N2CCC[C@H]2CO)ncn1)c1ccccc1. The van der Waals surface area contributed by atoms with Crippen molar-refractivity contribution in [1.82, 2.24) is 14.9 Å². The van der Waals surface area contributed by atoms with Crippen LogP contribution in [0.25, 0.3) is 0 Å². The molecule has 2 heterocycles. The van der Waals surface area contributed by atoms with E-state index >= 15 is 0 Å². The van der Waals surface area contributed by atoms with Gasteiger partial charge in [0.25, 0.3) is 0 Å². The summed E-state index contributed by atoms with van der Waals surface area (Å²) in [4.78, 5) is 13.1. The lowest BCUT2D eigenvalue weighted by molar-refractivity contribution is 0.266. The molecule has 0 aliphatic carbocycles. The van der Waals surface area contributed by atoms with Gasteiger partial charge >= 0.3 is 0 Å². The summed E-state index contributed by atoms with van der Waals surface area (Å²) in [5.41, 5.74) is 1.27. The van der Waals surface area contributed by atoms with Crippen LogP contribution in [0.3, 0.4) is 0 Å². The van der Waals surface area contributed by atoms with Gasteiger partial charge in [0.05, 0.1) is 18.7 Å². The molecule has 1 aliphatic heterocycles. The fraction of sp³-hybridized carbons (Fsp3) is 0.474. The van der Waals surface area contributed by atoms with Gasteiger partial charge in [-0.15, -0.1) is 0 Å². The van der Waals surface area contributed by atoms with Crippen molar-refractivity contribution in [3.05, 3.63) is 48.3 Å². The Morgan fingerprint density at radius 3 is 2.80 bits per heavy atom. The molecule has 1 aromatic heterocycles. The minimum absolute atomic E-state index is 0.168. The van der Waals surface area contributed by atoms with Gasteiger partial charge in [-0.05, 0) is 32.5 Å². The van der Waals surface area contributed by atoms with E-state index in [1.54, 1.807) is 6.33 Å². The summed E-state index contributed by atoms with van der Waals surface area (Å²) >= 11 is 0. The lowest BCUT2D eigenvalue weighted by Crippen LogP contribution is -2.33. The first-order chi connectivity index (χ1) is 12.2. The Kier molecular flexibility index (Phi) is 5.83. The molecule has 1 fully saturated rings. The van der Waals surface area contributed by atoms with E-state index in [0.29, 0.717) is 0 Å².